The van der Waals surface area contributed by atoms with Crippen molar-refractivity contribution in [2.24, 2.45) is 7.05 Å². The summed E-state index contributed by atoms with van der Waals surface area (Å²) < 4.78 is 26.0. The summed E-state index contributed by atoms with van der Waals surface area (Å²) in [5.74, 6) is -0.128. The van der Waals surface area contributed by atoms with Crippen LogP contribution in [-0.2, 0) is 16.9 Å². The molecule has 1 atom stereocenters. The maximum Gasteiger partial charge on any atom is 0.260 e. The molecule has 1 unspecified atom stereocenters. The zero-order valence-electron chi connectivity index (χ0n) is 17.2. The Hall–Kier alpha value is -2.77. The van der Waals surface area contributed by atoms with E-state index in [2.05, 4.69) is 16.4 Å². The van der Waals surface area contributed by atoms with E-state index in [4.69, 9.17) is 11.6 Å². The van der Waals surface area contributed by atoms with Gasteiger partial charge in [-0.15, -0.1) is 0 Å². The first-order chi connectivity index (χ1) is 14.7. The normalized spacial score (nSPS) is 19.8. The van der Waals surface area contributed by atoms with Gasteiger partial charge in [0.1, 0.15) is 0 Å². The number of nitrogens with zero attached hydrogens (tertiary/aromatic N) is 2. The summed E-state index contributed by atoms with van der Waals surface area (Å²) in [4.78, 5) is 15.4. The Balaban J connectivity index is 1.77. The summed E-state index contributed by atoms with van der Waals surface area (Å²) in [6.07, 6.45) is 7.75. The average molecular weight is 456 g/mol. The highest BCUT2D eigenvalue weighted by molar-refractivity contribution is 7.91. The van der Waals surface area contributed by atoms with Gasteiger partial charge >= 0.3 is 0 Å². The molecule has 3 aliphatic rings. The monoisotopic (exact) mass is 455 g/mol. The number of anilines is 1. The molecule has 6 nitrogen and oxygen atoms in total. The number of aromatic nitrogens is 1. The number of hydrogen-bond acceptors (Lipinski definition) is 5. The molecule has 0 saturated heterocycles. The number of hydrogen-bond donors (Lipinski definition) is 1. The number of aryl methyl sites for hydroxylation is 1. The molecule has 0 radical (unpaired) electrons. The standard InChI is InChI=1S/C23H22ClN3O3S/c1-26-10-8-18-15(13-31(2,29)30)11-14-12-27(17-5-3-16(24)4-6-17)19-7-9-25-22(20(14)19)21(18)23(26)28/h3-6,8,10-12,19,25H,7,9,13H2,1-2H3. The van der Waals surface area contributed by atoms with Gasteiger partial charge < -0.3 is 14.8 Å². The molecule has 2 aliphatic heterocycles. The second kappa shape index (κ2) is 7.14. The quantitative estimate of drug-likeness (QED) is 0.770. The maximum atomic E-state index is 13.2. The van der Waals surface area contributed by atoms with Gasteiger partial charge in [-0.3, -0.25) is 4.79 Å². The smallest absolute Gasteiger partial charge is 0.260 e. The zero-order valence-corrected chi connectivity index (χ0v) is 18.8. The highest BCUT2D eigenvalue weighted by Gasteiger charge is 2.38. The number of halogens is 1. The predicted molar refractivity (Wildman–Crippen MR) is 125 cm³/mol. The van der Waals surface area contributed by atoms with Crippen LogP contribution in [-0.4, -0.2) is 37.6 Å². The van der Waals surface area contributed by atoms with Crippen molar-refractivity contribution in [1.29, 1.82) is 0 Å². The highest BCUT2D eigenvalue weighted by Crippen LogP contribution is 2.44. The fraction of sp³-hybridized carbons (Fsp3) is 0.261. The van der Waals surface area contributed by atoms with E-state index in [1.165, 1.54) is 10.8 Å². The van der Waals surface area contributed by atoms with Crippen LogP contribution < -0.4 is 15.8 Å². The third-order valence-corrected chi connectivity index (χ3v) is 7.07. The average Bonchev–Trinajstić information content (AvgIpc) is 3.01. The molecule has 31 heavy (non-hydrogen) atoms. The Labute approximate surface area is 186 Å². The lowest BCUT2D eigenvalue weighted by atomic mass is 9.92. The van der Waals surface area contributed by atoms with Gasteiger partial charge in [0.05, 0.1) is 23.1 Å². The molecule has 5 rings (SSSR count). The lowest BCUT2D eigenvalue weighted by Crippen LogP contribution is -2.38. The van der Waals surface area contributed by atoms with Crippen molar-refractivity contribution in [3.8, 4) is 0 Å². The molecule has 2 aromatic rings. The summed E-state index contributed by atoms with van der Waals surface area (Å²) in [5, 5.41) is 4.11. The van der Waals surface area contributed by atoms with E-state index in [1.54, 1.807) is 13.2 Å². The van der Waals surface area contributed by atoms with E-state index >= 15 is 0 Å². The van der Waals surface area contributed by atoms with Crippen molar-refractivity contribution in [1.82, 2.24) is 9.88 Å². The van der Waals surface area contributed by atoms with Crippen LogP contribution in [0.4, 0.5) is 5.69 Å². The summed E-state index contributed by atoms with van der Waals surface area (Å²) >= 11 is 6.08. The first-order valence-corrected chi connectivity index (χ1v) is 12.5. The Morgan fingerprint density at radius 1 is 1.19 bits per heavy atom. The molecule has 0 amide bonds. The molecule has 0 fully saturated rings. The predicted octanol–water partition coefficient (Wildman–Crippen LogP) is 2.96. The molecule has 0 saturated carbocycles. The minimum Gasteiger partial charge on any atom is -0.384 e. The number of fused-ring (bicyclic) bond motifs is 2. The van der Waals surface area contributed by atoms with Crippen LogP contribution in [0.3, 0.4) is 0 Å². The van der Waals surface area contributed by atoms with Crippen LogP contribution in [0.5, 0.6) is 0 Å². The summed E-state index contributed by atoms with van der Waals surface area (Å²) in [6, 6.07) is 9.55. The molecule has 0 bridgehead atoms. The third-order valence-electron chi connectivity index (χ3n) is 5.98. The third kappa shape index (κ3) is 3.42. The van der Waals surface area contributed by atoms with Crippen molar-refractivity contribution < 1.29 is 8.42 Å². The van der Waals surface area contributed by atoms with Crippen LogP contribution in [0, 0.1) is 0 Å². The van der Waals surface area contributed by atoms with E-state index in [9.17, 15) is 13.2 Å². The highest BCUT2D eigenvalue weighted by atomic mass is 35.5. The summed E-state index contributed by atoms with van der Waals surface area (Å²) in [6.45, 7) is 0.716. The Bertz CT molecular complexity index is 1350. The van der Waals surface area contributed by atoms with Crippen molar-refractivity contribution in [3.63, 3.8) is 0 Å². The fourth-order valence-electron chi connectivity index (χ4n) is 4.68. The minimum atomic E-state index is -3.30. The number of allylic oxidation sites excluding steroid dienone is 1. The number of benzene rings is 1. The largest absolute Gasteiger partial charge is 0.384 e. The number of nitrogens with one attached hydrogen (secondary N) is 1. The van der Waals surface area contributed by atoms with Gasteiger partial charge in [-0.25, -0.2) is 8.42 Å². The van der Waals surface area contributed by atoms with Crippen molar-refractivity contribution >= 4 is 38.4 Å². The second-order valence-electron chi connectivity index (χ2n) is 8.25. The summed E-state index contributed by atoms with van der Waals surface area (Å²) in [7, 11) is -1.59. The molecular formula is C23H22ClN3O3S. The van der Waals surface area contributed by atoms with Crippen molar-refractivity contribution in [2.45, 2.75) is 12.5 Å². The Kier molecular flexibility index (Phi) is 4.64. The van der Waals surface area contributed by atoms with E-state index in [-0.39, 0.29) is 17.4 Å². The number of rotatable bonds is 3. The van der Waals surface area contributed by atoms with E-state index < -0.39 is 9.84 Å². The lowest BCUT2D eigenvalue weighted by molar-refractivity contribution is 0.605. The van der Waals surface area contributed by atoms with Gasteiger partial charge in [0, 0.05) is 48.5 Å². The van der Waals surface area contributed by atoms with E-state index in [1.807, 2.05) is 36.4 Å². The first-order valence-electron chi connectivity index (χ1n) is 10.1. The molecule has 1 aromatic heterocycles. The molecule has 1 aromatic carbocycles. The Morgan fingerprint density at radius 2 is 1.94 bits per heavy atom. The minimum absolute atomic E-state index is 0.0546. The van der Waals surface area contributed by atoms with Gasteiger partial charge in [-0.2, -0.15) is 0 Å². The molecular weight excluding hydrogens is 434 g/mol. The van der Waals surface area contributed by atoms with Crippen LogP contribution in [0.2, 0.25) is 5.02 Å². The molecule has 1 aliphatic carbocycles. The zero-order chi connectivity index (χ0) is 21.9. The van der Waals surface area contributed by atoms with Crippen molar-refractivity contribution in [3.05, 3.63) is 86.5 Å². The first kappa shape index (κ1) is 20.2. The Morgan fingerprint density at radius 3 is 2.65 bits per heavy atom. The molecule has 160 valence electrons. The van der Waals surface area contributed by atoms with Gasteiger partial charge in [0.15, 0.2) is 9.84 Å². The second-order valence-corrected chi connectivity index (χ2v) is 10.8. The van der Waals surface area contributed by atoms with Gasteiger partial charge in [0.25, 0.3) is 5.56 Å². The van der Waals surface area contributed by atoms with Crippen molar-refractivity contribution in [2.75, 3.05) is 23.5 Å². The van der Waals surface area contributed by atoms with E-state index in [0.29, 0.717) is 28.3 Å². The van der Waals surface area contributed by atoms with Crippen LogP contribution in [0.15, 0.2) is 64.7 Å². The van der Waals surface area contributed by atoms with Gasteiger partial charge in [-0.1, -0.05) is 11.6 Å². The molecule has 3 heterocycles. The van der Waals surface area contributed by atoms with Gasteiger partial charge in [-0.05, 0) is 59.5 Å². The summed E-state index contributed by atoms with van der Waals surface area (Å²) in [5.41, 5.74) is 5.48. The van der Waals surface area contributed by atoms with Crippen LogP contribution >= 0.6 is 11.6 Å². The topological polar surface area (TPSA) is 71.4 Å². The fourth-order valence-corrected chi connectivity index (χ4v) is 5.61. The number of pyridine rings is 1. The maximum absolute atomic E-state index is 13.2. The van der Waals surface area contributed by atoms with Crippen LogP contribution in [0.25, 0.3) is 11.3 Å². The van der Waals surface area contributed by atoms with Crippen LogP contribution in [0.1, 0.15) is 17.5 Å². The van der Waals surface area contributed by atoms with Gasteiger partial charge in [0.2, 0.25) is 0 Å². The molecule has 0 spiro atoms. The molecule has 1 N–H and O–H groups in total. The number of sulfone groups is 1. The SMILES string of the molecule is Cn1ccc2c(c1=O)C1=C3C(=CN(c4ccc(Cl)cc4)C3CCN1)C=C2CS(C)(=O)=O. The lowest BCUT2D eigenvalue weighted by Gasteiger charge is -2.32. The molecule has 8 heteroatoms. The van der Waals surface area contributed by atoms with E-state index in [0.717, 1.165) is 29.0 Å².